The minimum absolute atomic E-state index is 0.0964. The number of rotatable bonds is 3. The molecular weight excluding hydrogens is 466 g/mol. The van der Waals surface area contributed by atoms with Crippen LogP contribution in [0.25, 0.3) is 0 Å². The Balaban J connectivity index is 1.24. The molecule has 0 saturated carbocycles. The Morgan fingerprint density at radius 1 is 1.17 bits per heavy atom. The quantitative estimate of drug-likeness (QED) is 0.602. The molecule has 0 radical (unpaired) electrons. The van der Waals surface area contributed by atoms with Gasteiger partial charge in [-0.2, -0.15) is 0 Å². The van der Waals surface area contributed by atoms with Crippen LogP contribution in [-0.2, 0) is 17.8 Å². The van der Waals surface area contributed by atoms with Gasteiger partial charge in [0.1, 0.15) is 5.82 Å². The maximum absolute atomic E-state index is 13.4. The van der Waals surface area contributed by atoms with Gasteiger partial charge >= 0.3 is 0 Å². The molecular formula is C26H32ClN5O3. The molecule has 0 unspecified atom stereocenters. The molecule has 1 aromatic heterocycles. The first-order chi connectivity index (χ1) is 16.8. The van der Waals surface area contributed by atoms with Gasteiger partial charge in [0.15, 0.2) is 0 Å². The first-order valence-corrected chi connectivity index (χ1v) is 12.7. The number of aromatic nitrogens is 1. The van der Waals surface area contributed by atoms with Crippen LogP contribution in [0.4, 0.5) is 5.82 Å². The predicted molar refractivity (Wildman–Crippen MR) is 134 cm³/mol. The van der Waals surface area contributed by atoms with Gasteiger partial charge in [-0.25, -0.2) is 4.98 Å². The van der Waals surface area contributed by atoms with Crippen molar-refractivity contribution in [1.82, 2.24) is 20.1 Å². The molecule has 35 heavy (non-hydrogen) atoms. The van der Waals surface area contributed by atoms with Crippen LogP contribution in [0.5, 0.6) is 0 Å². The van der Waals surface area contributed by atoms with E-state index in [-0.39, 0.29) is 24.4 Å². The van der Waals surface area contributed by atoms with Crippen molar-refractivity contribution in [2.75, 3.05) is 31.5 Å². The highest BCUT2D eigenvalue weighted by atomic mass is 35.5. The predicted octanol–water partition coefficient (Wildman–Crippen LogP) is 2.45. The molecule has 0 aliphatic carbocycles. The first kappa shape index (κ1) is 24.0. The van der Waals surface area contributed by atoms with E-state index in [1.54, 1.807) is 17.9 Å². The van der Waals surface area contributed by atoms with Gasteiger partial charge < -0.3 is 25.5 Å². The lowest BCUT2D eigenvalue weighted by Crippen LogP contribution is -2.65. The molecule has 3 N–H and O–H groups in total. The molecule has 8 nitrogen and oxygen atoms in total. The van der Waals surface area contributed by atoms with E-state index in [4.69, 9.17) is 11.6 Å². The van der Waals surface area contributed by atoms with Crippen LogP contribution >= 0.6 is 11.6 Å². The molecule has 3 aliphatic rings. The third kappa shape index (κ3) is 4.87. The number of benzene rings is 1. The smallest absolute Gasteiger partial charge is 0.255 e. The summed E-state index contributed by atoms with van der Waals surface area (Å²) in [5.41, 5.74) is 2.48. The third-order valence-corrected chi connectivity index (χ3v) is 8.08. The van der Waals surface area contributed by atoms with Crippen molar-refractivity contribution < 1.29 is 14.7 Å². The fourth-order valence-corrected chi connectivity index (χ4v) is 5.73. The maximum atomic E-state index is 13.4. The van der Waals surface area contributed by atoms with Gasteiger partial charge in [-0.3, -0.25) is 9.59 Å². The zero-order valence-electron chi connectivity index (χ0n) is 20.0. The number of likely N-dealkylation sites (tertiary alicyclic amines) is 2. The van der Waals surface area contributed by atoms with Gasteiger partial charge in [0.2, 0.25) is 5.91 Å². The number of carbonyl (C=O) groups is 2. The van der Waals surface area contributed by atoms with Crippen molar-refractivity contribution in [1.29, 1.82) is 0 Å². The standard InChI is InChI=1S/C26H32ClN5O3/c1-17(33)31-9-6-20(7-10-31)30-24-12-21(22(27)15-28-24)25(35)32-11-8-26(23(34)16-32)13-18-4-2-3-5-19(18)14-29-26/h2-5,12,15,20,23,29,34H,6-11,13-14,16H2,1H3,(H,28,30)/t23-,26+/m1/s1. The fourth-order valence-electron chi connectivity index (χ4n) is 5.55. The lowest BCUT2D eigenvalue weighted by Gasteiger charge is -2.48. The Hall–Kier alpha value is -2.68. The van der Waals surface area contributed by atoms with Crippen LogP contribution in [0.2, 0.25) is 5.02 Å². The van der Waals surface area contributed by atoms with Gasteiger partial charge in [0.05, 0.1) is 22.2 Å². The molecule has 9 heteroatoms. The summed E-state index contributed by atoms with van der Waals surface area (Å²) in [6, 6.07) is 10.2. The van der Waals surface area contributed by atoms with E-state index in [0.29, 0.717) is 42.5 Å². The molecule has 3 aliphatic heterocycles. The van der Waals surface area contributed by atoms with Crippen LogP contribution in [-0.4, -0.2) is 75.6 Å². The molecule has 2 aromatic rings. The number of nitrogens with one attached hydrogen (secondary N) is 2. The van der Waals surface area contributed by atoms with Gasteiger partial charge in [-0.05, 0) is 42.9 Å². The number of carbonyl (C=O) groups excluding carboxylic acids is 2. The van der Waals surface area contributed by atoms with E-state index in [1.807, 2.05) is 17.0 Å². The van der Waals surface area contributed by atoms with E-state index in [9.17, 15) is 14.7 Å². The second kappa shape index (κ2) is 9.76. The zero-order chi connectivity index (χ0) is 24.6. The van der Waals surface area contributed by atoms with Crippen molar-refractivity contribution >= 4 is 29.2 Å². The summed E-state index contributed by atoms with van der Waals surface area (Å²) in [6.45, 7) is 4.51. The third-order valence-electron chi connectivity index (χ3n) is 7.78. The van der Waals surface area contributed by atoms with E-state index in [1.165, 1.54) is 17.3 Å². The normalized spacial score (nSPS) is 24.8. The SMILES string of the molecule is CC(=O)N1CCC(Nc2cc(C(=O)N3CC[C@]4(Cc5ccccc5CN4)[C@H](O)C3)c(Cl)cn2)CC1. The summed E-state index contributed by atoms with van der Waals surface area (Å²) >= 11 is 6.39. The van der Waals surface area contributed by atoms with Gasteiger partial charge in [-0.15, -0.1) is 0 Å². The van der Waals surface area contributed by atoms with Gasteiger partial charge in [-0.1, -0.05) is 35.9 Å². The summed E-state index contributed by atoms with van der Waals surface area (Å²) in [7, 11) is 0. The summed E-state index contributed by atoms with van der Waals surface area (Å²) < 4.78 is 0. The Bertz CT molecular complexity index is 1120. The number of nitrogens with zero attached hydrogens (tertiary/aromatic N) is 3. The highest BCUT2D eigenvalue weighted by Crippen LogP contribution is 2.33. The Labute approximate surface area is 210 Å². The number of hydrogen-bond donors (Lipinski definition) is 3. The van der Waals surface area contributed by atoms with Crippen LogP contribution < -0.4 is 10.6 Å². The molecule has 4 heterocycles. The van der Waals surface area contributed by atoms with E-state index in [0.717, 1.165) is 25.8 Å². The average Bonchev–Trinajstić information content (AvgIpc) is 2.87. The van der Waals surface area contributed by atoms with Crippen molar-refractivity contribution in [2.45, 2.75) is 56.8 Å². The van der Waals surface area contributed by atoms with Crippen LogP contribution in [0.15, 0.2) is 36.5 Å². The number of aliphatic hydroxyl groups excluding tert-OH is 1. The number of piperidine rings is 2. The number of pyridine rings is 1. The number of β-amino-alcohol motifs (C(OH)–C–C–N with tert-alkyl or cyclic N) is 1. The minimum atomic E-state index is -0.682. The largest absolute Gasteiger partial charge is 0.389 e. The number of fused-ring (bicyclic) bond motifs is 1. The second-order valence-electron chi connectivity index (χ2n) is 9.95. The van der Waals surface area contributed by atoms with Crippen LogP contribution in [0, 0.1) is 0 Å². The molecule has 0 bridgehead atoms. The molecule has 2 atom stereocenters. The Kier molecular flexibility index (Phi) is 6.70. The van der Waals surface area contributed by atoms with Gasteiger partial charge in [0.25, 0.3) is 5.91 Å². The maximum Gasteiger partial charge on any atom is 0.255 e. The molecule has 186 valence electrons. The molecule has 1 spiro atoms. The highest BCUT2D eigenvalue weighted by molar-refractivity contribution is 6.33. The number of anilines is 1. The molecule has 5 rings (SSSR count). The number of amides is 2. The zero-order valence-corrected chi connectivity index (χ0v) is 20.7. The van der Waals surface area contributed by atoms with Crippen molar-refractivity contribution in [3.63, 3.8) is 0 Å². The number of halogens is 1. The van der Waals surface area contributed by atoms with Crippen molar-refractivity contribution in [2.24, 2.45) is 0 Å². The van der Waals surface area contributed by atoms with E-state index < -0.39 is 11.6 Å². The van der Waals surface area contributed by atoms with Crippen LogP contribution in [0.3, 0.4) is 0 Å². The highest BCUT2D eigenvalue weighted by Gasteiger charge is 2.45. The second-order valence-corrected chi connectivity index (χ2v) is 10.4. The van der Waals surface area contributed by atoms with E-state index >= 15 is 0 Å². The lowest BCUT2D eigenvalue weighted by atomic mass is 9.76. The lowest BCUT2D eigenvalue weighted by molar-refractivity contribution is -0.129. The Morgan fingerprint density at radius 3 is 2.63 bits per heavy atom. The van der Waals surface area contributed by atoms with Crippen molar-refractivity contribution in [3.8, 4) is 0 Å². The summed E-state index contributed by atoms with van der Waals surface area (Å²) in [5.74, 6) is 0.495. The monoisotopic (exact) mass is 497 g/mol. The molecule has 2 saturated heterocycles. The summed E-state index contributed by atoms with van der Waals surface area (Å²) in [4.78, 5) is 32.9. The number of aliphatic hydroxyl groups is 1. The fraction of sp³-hybridized carbons (Fsp3) is 0.500. The summed E-state index contributed by atoms with van der Waals surface area (Å²) in [6.07, 6.45) is 3.88. The van der Waals surface area contributed by atoms with E-state index in [2.05, 4.69) is 27.8 Å². The molecule has 2 amide bonds. The topological polar surface area (TPSA) is 97.8 Å². The Morgan fingerprint density at radius 2 is 1.91 bits per heavy atom. The van der Waals surface area contributed by atoms with Crippen LogP contribution in [0.1, 0.15) is 47.7 Å². The first-order valence-electron chi connectivity index (χ1n) is 12.3. The molecule has 1 aromatic carbocycles. The average molecular weight is 498 g/mol. The minimum Gasteiger partial charge on any atom is -0.389 e. The number of hydrogen-bond acceptors (Lipinski definition) is 6. The van der Waals surface area contributed by atoms with Crippen molar-refractivity contribution in [3.05, 3.63) is 58.2 Å². The van der Waals surface area contributed by atoms with Gasteiger partial charge in [0, 0.05) is 51.9 Å². The molecule has 2 fully saturated rings. The summed E-state index contributed by atoms with van der Waals surface area (Å²) in [5, 5.41) is 18.4.